The molecule has 6 heteroatoms. The van der Waals surface area contributed by atoms with Crippen LogP contribution in [0.25, 0.3) is 0 Å². The molecule has 2 radical (unpaired) electrons. The average molecular weight is 327 g/mol. The van der Waals surface area contributed by atoms with Crippen LogP contribution in [-0.4, -0.2) is 37.0 Å². The van der Waals surface area contributed by atoms with E-state index >= 15 is 0 Å². The first-order valence-electron chi connectivity index (χ1n) is 4.60. The van der Waals surface area contributed by atoms with E-state index in [1.807, 2.05) is 37.0 Å². The Kier molecular flexibility index (Phi) is 4.59. The van der Waals surface area contributed by atoms with E-state index in [0.29, 0.717) is 0 Å². The molecule has 1 aliphatic rings. The highest BCUT2D eigenvalue weighted by Gasteiger charge is 2.52. The lowest BCUT2D eigenvalue weighted by molar-refractivity contribution is -0.0975. The van der Waals surface area contributed by atoms with Crippen molar-refractivity contribution >= 4 is 43.7 Å². The van der Waals surface area contributed by atoms with Crippen molar-refractivity contribution in [2.45, 2.75) is 38.1 Å². The summed E-state index contributed by atoms with van der Waals surface area (Å²) in [5, 5.41) is 0. The minimum Gasteiger partial charge on any atom is -0.363 e. The maximum atomic E-state index is 5.90. The normalized spacial score (nSPS) is 43.4. The van der Waals surface area contributed by atoms with Crippen molar-refractivity contribution in [3.05, 3.63) is 0 Å². The van der Waals surface area contributed by atoms with Crippen molar-refractivity contribution in [1.82, 2.24) is 4.31 Å². The van der Waals surface area contributed by atoms with E-state index in [1.54, 1.807) is 4.31 Å². The van der Waals surface area contributed by atoms with Gasteiger partial charge in [-0.15, -0.1) is 0 Å². The van der Waals surface area contributed by atoms with Gasteiger partial charge in [-0.25, -0.2) is 4.31 Å². The topological polar surface area (TPSA) is 21.7 Å². The maximum Gasteiger partial charge on any atom is 0.154 e. The number of hydrogen-bond donors (Lipinski definition) is 1. The van der Waals surface area contributed by atoms with Crippen LogP contribution in [0.2, 0.25) is 0 Å². The number of hydrogen-bond acceptors (Lipinski definition) is 4. The summed E-state index contributed by atoms with van der Waals surface area (Å²) in [6.45, 7) is 4.03. The van der Waals surface area contributed by atoms with Crippen molar-refractivity contribution in [2.75, 3.05) is 7.05 Å². The first kappa shape index (κ1) is 13.1. The van der Waals surface area contributed by atoms with Gasteiger partial charge in [0.25, 0.3) is 0 Å². The highest BCUT2D eigenvalue weighted by atomic mass is 127. The lowest BCUT2D eigenvalue weighted by Gasteiger charge is -2.35. The Morgan fingerprint density at radius 3 is 2.64 bits per heavy atom. The van der Waals surface area contributed by atoms with Crippen molar-refractivity contribution in [3.8, 4) is 0 Å². The lowest BCUT2D eigenvalue weighted by atomic mass is 9.82. The fraction of sp³-hybridized carbons (Fsp3) is 1.00. The SMILES string of the molecule is [B]C1O[C@@](C)(N(C)S)[C@@H](OI)[C@H]1CC. The molecule has 80 valence electrons. The van der Waals surface area contributed by atoms with Gasteiger partial charge in [0.15, 0.2) is 5.72 Å². The second-order valence-electron chi connectivity index (χ2n) is 3.74. The molecule has 0 saturated carbocycles. The molecular weight excluding hydrogens is 312 g/mol. The molecule has 1 unspecified atom stereocenters. The zero-order valence-corrected chi connectivity index (χ0v) is 11.7. The van der Waals surface area contributed by atoms with Crippen molar-refractivity contribution in [3.63, 3.8) is 0 Å². The average Bonchev–Trinajstić information content (AvgIpc) is 2.37. The first-order chi connectivity index (χ1) is 6.47. The van der Waals surface area contributed by atoms with Crippen molar-refractivity contribution < 1.29 is 7.80 Å². The Bertz CT molecular complexity index is 210. The predicted molar refractivity (Wildman–Crippen MR) is 68.5 cm³/mol. The summed E-state index contributed by atoms with van der Waals surface area (Å²) >= 11 is 6.18. The van der Waals surface area contributed by atoms with Gasteiger partial charge in [-0.3, -0.25) is 0 Å². The smallest absolute Gasteiger partial charge is 0.154 e. The largest absolute Gasteiger partial charge is 0.363 e. The minimum atomic E-state index is -0.551. The van der Waals surface area contributed by atoms with Gasteiger partial charge < -0.3 is 7.80 Å². The fourth-order valence-electron chi connectivity index (χ4n) is 1.85. The van der Waals surface area contributed by atoms with Crippen LogP contribution in [0.1, 0.15) is 20.3 Å². The summed E-state index contributed by atoms with van der Waals surface area (Å²) in [4.78, 5) is 0. The zero-order valence-electron chi connectivity index (χ0n) is 8.61. The van der Waals surface area contributed by atoms with Crippen LogP contribution in [0.4, 0.5) is 0 Å². The number of nitrogens with zero attached hydrogens (tertiary/aromatic N) is 1. The molecule has 1 aliphatic heterocycles. The molecule has 3 nitrogen and oxygen atoms in total. The highest BCUT2D eigenvalue weighted by molar-refractivity contribution is 14.1. The Labute approximate surface area is 107 Å². The van der Waals surface area contributed by atoms with Crippen LogP contribution in [0.15, 0.2) is 0 Å². The molecule has 0 N–H and O–H groups in total. The molecule has 0 amide bonds. The van der Waals surface area contributed by atoms with Gasteiger partial charge in [-0.05, 0) is 13.3 Å². The minimum absolute atomic E-state index is 0.0504. The van der Waals surface area contributed by atoms with Gasteiger partial charge in [0.1, 0.15) is 37.0 Å². The summed E-state index contributed by atoms with van der Waals surface area (Å²) in [6, 6.07) is -0.278. The van der Waals surface area contributed by atoms with E-state index in [2.05, 4.69) is 19.7 Å². The third-order valence-electron chi connectivity index (χ3n) is 2.92. The standard InChI is InChI=1S/C8H15BINO2S/c1-4-5-6(13-10)8(2,11(3)14)12-7(5)9/h5-7,14H,4H2,1-3H3/t5-,6+,7?,8-/m1/s1. The van der Waals surface area contributed by atoms with Gasteiger partial charge >= 0.3 is 0 Å². The summed E-state index contributed by atoms with van der Waals surface area (Å²) < 4.78 is 12.9. The predicted octanol–water partition coefficient (Wildman–Crippen LogP) is 1.77. The number of ether oxygens (including phenoxy) is 1. The number of halogens is 1. The molecular formula is C8H15BINO2S. The fourth-order valence-corrected chi connectivity index (χ4v) is 2.86. The summed E-state index contributed by atoms with van der Waals surface area (Å²) in [5.41, 5.74) is -0.551. The van der Waals surface area contributed by atoms with E-state index in [4.69, 9.17) is 15.6 Å². The molecule has 0 aliphatic carbocycles. The van der Waals surface area contributed by atoms with Crippen LogP contribution in [0, 0.1) is 5.92 Å². The zero-order chi connectivity index (χ0) is 10.9. The van der Waals surface area contributed by atoms with Crippen LogP contribution in [-0.2, 0) is 7.80 Å². The van der Waals surface area contributed by atoms with Crippen molar-refractivity contribution in [1.29, 1.82) is 0 Å². The molecule has 1 saturated heterocycles. The molecule has 0 spiro atoms. The quantitative estimate of drug-likeness (QED) is 0.485. The molecule has 1 heterocycles. The first-order valence-corrected chi connectivity index (χ1v) is 5.89. The maximum absolute atomic E-state index is 5.90. The molecule has 0 bridgehead atoms. The Morgan fingerprint density at radius 1 is 1.71 bits per heavy atom. The van der Waals surface area contributed by atoms with E-state index in [0.717, 1.165) is 6.42 Å². The second kappa shape index (κ2) is 4.90. The van der Waals surface area contributed by atoms with Gasteiger partial charge in [0.05, 0.1) is 0 Å². The van der Waals surface area contributed by atoms with E-state index in [9.17, 15) is 0 Å². The van der Waals surface area contributed by atoms with Crippen LogP contribution in [0.3, 0.4) is 0 Å². The molecule has 0 aromatic rings. The van der Waals surface area contributed by atoms with E-state index in [1.165, 1.54) is 0 Å². The van der Waals surface area contributed by atoms with Crippen LogP contribution >= 0.6 is 35.8 Å². The van der Waals surface area contributed by atoms with E-state index in [-0.39, 0.29) is 18.0 Å². The number of rotatable bonds is 3. The summed E-state index contributed by atoms with van der Waals surface area (Å²) in [6.07, 6.45) is 0.886. The molecule has 14 heavy (non-hydrogen) atoms. The van der Waals surface area contributed by atoms with Gasteiger partial charge in [-0.2, -0.15) is 0 Å². The Morgan fingerprint density at radius 2 is 2.29 bits per heavy atom. The molecule has 4 atom stereocenters. The van der Waals surface area contributed by atoms with Gasteiger partial charge in [0.2, 0.25) is 0 Å². The molecule has 1 rings (SSSR count). The third-order valence-corrected chi connectivity index (χ3v) is 3.87. The molecule has 0 aromatic carbocycles. The third kappa shape index (κ3) is 2.09. The number of thiol groups is 1. The second-order valence-corrected chi connectivity index (χ2v) is 4.85. The molecule has 0 aromatic heterocycles. The Hall–Kier alpha value is 1.02. The summed E-state index contributed by atoms with van der Waals surface area (Å²) in [7, 11) is 7.75. The lowest BCUT2D eigenvalue weighted by Crippen LogP contribution is -2.48. The summed E-state index contributed by atoms with van der Waals surface area (Å²) in [5.74, 6) is 0.214. The highest BCUT2D eigenvalue weighted by Crippen LogP contribution is 2.41. The van der Waals surface area contributed by atoms with Crippen molar-refractivity contribution in [2.24, 2.45) is 5.92 Å². The molecule has 1 fully saturated rings. The van der Waals surface area contributed by atoms with Crippen LogP contribution in [0.5, 0.6) is 0 Å². The number of likely N-dealkylation sites (N-methyl/N-ethyl adjacent to an activating group) is 1. The monoisotopic (exact) mass is 327 g/mol. The van der Waals surface area contributed by atoms with Gasteiger partial charge in [-0.1, -0.05) is 19.7 Å². The van der Waals surface area contributed by atoms with Crippen LogP contribution < -0.4 is 0 Å². The van der Waals surface area contributed by atoms with E-state index < -0.39 is 5.72 Å². The Balaban J connectivity index is 2.89. The van der Waals surface area contributed by atoms with Gasteiger partial charge in [0, 0.05) is 19.0 Å².